The van der Waals surface area contributed by atoms with E-state index < -0.39 is 12.0 Å². The van der Waals surface area contributed by atoms with Crippen molar-refractivity contribution in [1.82, 2.24) is 10.2 Å². The summed E-state index contributed by atoms with van der Waals surface area (Å²) in [5.74, 6) is -0.0310. The molecule has 0 spiro atoms. The molecule has 0 bridgehead atoms. The highest BCUT2D eigenvalue weighted by Crippen LogP contribution is 2.31. The summed E-state index contributed by atoms with van der Waals surface area (Å²) in [6, 6.07) is 13.3. The SMILES string of the molecule is CO[C@H]1C[C@H](COCC2CCCCC2)N(Cc2ccc(C(=O)N[C@@H](CCSC)C(=O)O)c(-c3ccccc3C)c2)C1. The van der Waals surface area contributed by atoms with Crippen molar-refractivity contribution in [1.29, 1.82) is 0 Å². The summed E-state index contributed by atoms with van der Waals surface area (Å²) in [6.45, 7) is 5.15. The molecule has 7 nitrogen and oxygen atoms in total. The van der Waals surface area contributed by atoms with Gasteiger partial charge < -0.3 is 19.9 Å². The molecular weight excluding hydrogens is 536 g/mol. The highest BCUT2D eigenvalue weighted by atomic mass is 32.2. The van der Waals surface area contributed by atoms with Gasteiger partial charge in [0.1, 0.15) is 6.04 Å². The number of benzene rings is 2. The first-order valence-electron chi connectivity index (χ1n) is 15.0. The van der Waals surface area contributed by atoms with Crippen LogP contribution in [0.5, 0.6) is 0 Å². The van der Waals surface area contributed by atoms with E-state index in [1.54, 1.807) is 18.9 Å². The van der Waals surface area contributed by atoms with Gasteiger partial charge >= 0.3 is 5.97 Å². The fourth-order valence-electron chi connectivity index (χ4n) is 6.15. The minimum Gasteiger partial charge on any atom is -0.480 e. The number of carboxylic acid groups (broad SMARTS) is 1. The van der Waals surface area contributed by atoms with Crippen molar-refractivity contribution in [2.45, 2.75) is 76.6 Å². The lowest BCUT2D eigenvalue weighted by Crippen LogP contribution is -2.41. The average molecular weight is 583 g/mol. The first-order valence-corrected chi connectivity index (χ1v) is 16.3. The fourth-order valence-corrected chi connectivity index (χ4v) is 6.62. The van der Waals surface area contributed by atoms with E-state index in [0.29, 0.717) is 30.3 Å². The molecule has 1 saturated carbocycles. The zero-order valence-electron chi connectivity index (χ0n) is 24.8. The van der Waals surface area contributed by atoms with Gasteiger partial charge in [-0.15, -0.1) is 0 Å². The number of carbonyl (C=O) groups excluding carboxylic acids is 1. The first kappa shape index (κ1) is 31.5. The van der Waals surface area contributed by atoms with Crippen LogP contribution < -0.4 is 5.32 Å². The molecule has 2 aliphatic rings. The summed E-state index contributed by atoms with van der Waals surface area (Å²) in [4.78, 5) is 27.7. The van der Waals surface area contributed by atoms with Gasteiger partial charge in [-0.3, -0.25) is 9.69 Å². The van der Waals surface area contributed by atoms with E-state index in [-0.39, 0.29) is 18.1 Å². The van der Waals surface area contributed by atoms with E-state index in [2.05, 4.69) is 16.3 Å². The maximum absolute atomic E-state index is 13.4. The molecule has 2 fully saturated rings. The molecule has 8 heteroatoms. The summed E-state index contributed by atoms with van der Waals surface area (Å²) in [5.41, 5.74) is 4.44. The van der Waals surface area contributed by atoms with Crippen LogP contribution >= 0.6 is 11.8 Å². The average Bonchev–Trinajstić information content (AvgIpc) is 3.37. The largest absolute Gasteiger partial charge is 0.480 e. The molecule has 224 valence electrons. The predicted molar refractivity (Wildman–Crippen MR) is 166 cm³/mol. The third-order valence-corrected chi connectivity index (χ3v) is 9.22. The normalized spacial score (nSPS) is 20.7. The third-order valence-electron chi connectivity index (χ3n) is 8.57. The molecule has 0 radical (unpaired) electrons. The second kappa shape index (κ2) is 15.7. The van der Waals surface area contributed by atoms with Gasteiger partial charge in [0.05, 0.1) is 12.7 Å². The molecule has 4 rings (SSSR count). The molecule has 0 unspecified atom stereocenters. The Balaban J connectivity index is 1.53. The smallest absolute Gasteiger partial charge is 0.326 e. The highest BCUT2D eigenvalue weighted by molar-refractivity contribution is 7.98. The van der Waals surface area contributed by atoms with Crippen LogP contribution in [0.3, 0.4) is 0 Å². The van der Waals surface area contributed by atoms with Crippen LogP contribution in [-0.4, -0.2) is 78.9 Å². The lowest BCUT2D eigenvalue weighted by molar-refractivity contribution is -0.139. The quantitative estimate of drug-likeness (QED) is 0.292. The zero-order valence-corrected chi connectivity index (χ0v) is 25.6. The number of hydrogen-bond acceptors (Lipinski definition) is 6. The number of amides is 1. The Morgan fingerprint density at radius 2 is 1.88 bits per heavy atom. The number of nitrogens with zero attached hydrogens (tertiary/aromatic N) is 1. The van der Waals surface area contributed by atoms with Crippen molar-refractivity contribution in [2.75, 3.05) is 38.9 Å². The minimum atomic E-state index is -1.01. The van der Waals surface area contributed by atoms with Gasteiger partial charge in [-0.2, -0.15) is 11.8 Å². The Labute approximate surface area is 249 Å². The van der Waals surface area contributed by atoms with Crippen LogP contribution in [-0.2, 0) is 20.8 Å². The summed E-state index contributed by atoms with van der Waals surface area (Å²) >= 11 is 1.57. The van der Waals surface area contributed by atoms with Gasteiger partial charge in [0.2, 0.25) is 0 Å². The van der Waals surface area contributed by atoms with Crippen molar-refractivity contribution in [3.63, 3.8) is 0 Å². The number of methoxy groups -OCH3 is 1. The van der Waals surface area contributed by atoms with E-state index in [9.17, 15) is 14.7 Å². The number of carbonyl (C=O) groups is 2. The van der Waals surface area contributed by atoms with E-state index in [4.69, 9.17) is 9.47 Å². The number of ether oxygens (including phenoxy) is 2. The van der Waals surface area contributed by atoms with Gasteiger partial charge in [-0.1, -0.05) is 49.6 Å². The lowest BCUT2D eigenvalue weighted by atomic mass is 9.90. The highest BCUT2D eigenvalue weighted by Gasteiger charge is 2.33. The number of hydrogen-bond donors (Lipinski definition) is 2. The Morgan fingerprint density at radius 3 is 2.59 bits per heavy atom. The van der Waals surface area contributed by atoms with Gasteiger partial charge in [0.15, 0.2) is 0 Å². The standard InChI is InChI=1S/C33H46N2O5S/c1-23-9-7-8-12-28(23)30-17-25(13-14-29(30)32(36)34-31(33(37)38)15-16-41-3)19-35-20-27(39-2)18-26(35)22-40-21-24-10-5-4-6-11-24/h7-9,12-14,17,24,26-27,31H,4-6,10-11,15-16,18-22H2,1-3H3,(H,34,36)(H,37,38)/t26-,27+,31+/m1/s1. The Kier molecular flexibility index (Phi) is 12.1. The molecule has 1 heterocycles. The van der Waals surface area contributed by atoms with Crippen LogP contribution in [0.25, 0.3) is 11.1 Å². The van der Waals surface area contributed by atoms with Crippen molar-refractivity contribution in [3.05, 3.63) is 59.2 Å². The number of thioether (sulfide) groups is 1. The Hall–Kier alpha value is -2.39. The minimum absolute atomic E-state index is 0.174. The van der Waals surface area contributed by atoms with Crippen LogP contribution in [0.4, 0.5) is 0 Å². The number of carboxylic acids is 1. The maximum atomic E-state index is 13.4. The first-order chi connectivity index (χ1) is 19.9. The van der Waals surface area contributed by atoms with Crippen LogP contribution in [0, 0.1) is 12.8 Å². The van der Waals surface area contributed by atoms with Crippen molar-refractivity contribution in [2.24, 2.45) is 5.92 Å². The monoisotopic (exact) mass is 582 g/mol. The Morgan fingerprint density at radius 1 is 1.10 bits per heavy atom. The van der Waals surface area contributed by atoms with Gasteiger partial charge in [-0.05, 0) is 84.9 Å². The number of aryl methyl sites for hydroxylation is 1. The van der Waals surface area contributed by atoms with Gasteiger partial charge in [0.25, 0.3) is 5.91 Å². The number of nitrogens with one attached hydrogen (secondary N) is 1. The van der Waals surface area contributed by atoms with Crippen LogP contribution in [0.15, 0.2) is 42.5 Å². The molecule has 1 aliphatic heterocycles. The molecule has 1 aliphatic carbocycles. The molecule has 2 N–H and O–H groups in total. The second-order valence-corrected chi connectivity index (χ2v) is 12.5. The number of likely N-dealkylation sites (tertiary alicyclic amines) is 1. The van der Waals surface area contributed by atoms with Crippen LogP contribution in [0.1, 0.15) is 66.4 Å². The number of rotatable bonds is 14. The third kappa shape index (κ3) is 8.80. The predicted octanol–water partition coefficient (Wildman–Crippen LogP) is 5.78. The van der Waals surface area contributed by atoms with Crippen molar-refractivity contribution < 1.29 is 24.2 Å². The number of aliphatic carboxylic acids is 1. The zero-order chi connectivity index (χ0) is 29.2. The summed E-state index contributed by atoms with van der Waals surface area (Å²) < 4.78 is 12.0. The molecule has 41 heavy (non-hydrogen) atoms. The summed E-state index contributed by atoms with van der Waals surface area (Å²) in [7, 11) is 1.78. The lowest BCUT2D eigenvalue weighted by Gasteiger charge is -2.26. The second-order valence-electron chi connectivity index (χ2n) is 11.6. The summed E-state index contributed by atoms with van der Waals surface area (Å²) in [5, 5.41) is 12.4. The van der Waals surface area contributed by atoms with Crippen molar-refractivity contribution >= 4 is 23.6 Å². The van der Waals surface area contributed by atoms with E-state index in [1.165, 1.54) is 32.1 Å². The van der Waals surface area contributed by atoms with E-state index in [0.717, 1.165) is 48.4 Å². The van der Waals surface area contributed by atoms with Crippen molar-refractivity contribution in [3.8, 4) is 11.1 Å². The molecule has 1 amide bonds. The molecule has 1 saturated heterocycles. The fraction of sp³-hybridized carbons (Fsp3) is 0.576. The molecule has 0 aromatic heterocycles. The van der Waals surface area contributed by atoms with E-state index >= 15 is 0 Å². The van der Waals surface area contributed by atoms with E-state index in [1.807, 2.05) is 49.6 Å². The Bertz CT molecular complexity index is 1150. The molecule has 2 aromatic carbocycles. The topological polar surface area (TPSA) is 88.1 Å². The van der Waals surface area contributed by atoms with Gasteiger partial charge in [-0.25, -0.2) is 4.79 Å². The molecular formula is C33H46N2O5S. The summed E-state index contributed by atoms with van der Waals surface area (Å²) in [6.07, 6.45) is 9.97. The maximum Gasteiger partial charge on any atom is 0.326 e. The molecule has 3 atom stereocenters. The van der Waals surface area contributed by atoms with Crippen LogP contribution in [0.2, 0.25) is 0 Å². The molecule has 2 aromatic rings. The van der Waals surface area contributed by atoms with Gasteiger partial charge in [0, 0.05) is 38.4 Å².